The van der Waals surface area contributed by atoms with Crippen LogP contribution in [0.15, 0.2) is 47.5 Å². The minimum Gasteiger partial charge on any atom is -0.420 e. The van der Waals surface area contributed by atoms with E-state index in [4.69, 9.17) is 11.6 Å². The summed E-state index contributed by atoms with van der Waals surface area (Å²) in [6.45, 7) is 6.08. The Balaban J connectivity index is 1.69. The molecule has 10 heteroatoms. The van der Waals surface area contributed by atoms with Crippen molar-refractivity contribution in [3.8, 4) is 5.75 Å². The maximum Gasteiger partial charge on any atom is 0.487 e. The topological polar surface area (TPSA) is 71.0 Å². The Bertz CT molecular complexity index is 1040. The van der Waals surface area contributed by atoms with Gasteiger partial charge in [-0.3, -0.25) is 14.5 Å². The molecule has 1 saturated heterocycles. The van der Waals surface area contributed by atoms with E-state index in [9.17, 15) is 18.4 Å². The molecular formula is C22H22ClF2N3O3S. The zero-order chi connectivity index (χ0) is 23.5. The van der Waals surface area contributed by atoms with Gasteiger partial charge < -0.3 is 10.1 Å². The molecule has 3 rings (SSSR count). The molecule has 1 fully saturated rings. The fourth-order valence-electron chi connectivity index (χ4n) is 3.17. The average Bonchev–Trinajstić information content (AvgIpc) is 2.98. The lowest BCUT2D eigenvalue weighted by atomic mass is 10.1. The van der Waals surface area contributed by atoms with E-state index in [1.807, 2.05) is 39.0 Å². The molecule has 1 heterocycles. The summed E-state index contributed by atoms with van der Waals surface area (Å²) in [5.41, 5.74) is -0.602. The predicted molar refractivity (Wildman–Crippen MR) is 123 cm³/mol. The fourth-order valence-corrected chi connectivity index (χ4v) is 4.48. The van der Waals surface area contributed by atoms with Crippen LogP contribution in [-0.2, 0) is 9.59 Å². The minimum atomic E-state index is -3.80. The van der Waals surface area contributed by atoms with Crippen LogP contribution in [0.5, 0.6) is 5.75 Å². The van der Waals surface area contributed by atoms with E-state index < -0.39 is 10.8 Å². The van der Waals surface area contributed by atoms with Crippen LogP contribution < -0.4 is 10.1 Å². The van der Waals surface area contributed by atoms with Crippen LogP contribution in [0.1, 0.15) is 24.5 Å². The van der Waals surface area contributed by atoms with Crippen molar-refractivity contribution in [2.75, 3.05) is 11.9 Å². The third-order valence-electron chi connectivity index (χ3n) is 4.66. The number of aryl methyl sites for hydroxylation is 2. The number of thioether (sulfide) groups is 1. The van der Waals surface area contributed by atoms with Gasteiger partial charge in [0.05, 0.1) is 5.69 Å². The van der Waals surface area contributed by atoms with E-state index in [0.29, 0.717) is 23.1 Å². The van der Waals surface area contributed by atoms with Crippen LogP contribution in [0.3, 0.4) is 0 Å². The SMILES string of the molecule is CCN1C(=O)[C@@H](CC(=O)Nc2ccc(C)cc2C)SC1=Nc1ccc(OC(F)(F)Cl)cc1. The van der Waals surface area contributed by atoms with Gasteiger partial charge in [-0.05, 0) is 56.7 Å². The molecule has 0 aliphatic carbocycles. The van der Waals surface area contributed by atoms with Gasteiger partial charge in [0.2, 0.25) is 11.8 Å². The number of anilines is 1. The number of nitrogens with zero attached hydrogens (tertiary/aromatic N) is 2. The number of carbonyl (C=O) groups excluding carboxylic acids is 2. The molecule has 0 radical (unpaired) electrons. The van der Waals surface area contributed by atoms with Crippen molar-refractivity contribution < 1.29 is 23.1 Å². The summed E-state index contributed by atoms with van der Waals surface area (Å²) in [5, 5.41) is 2.70. The number of nitrogens with one attached hydrogen (secondary N) is 1. The smallest absolute Gasteiger partial charge is 0.420 e. The van der Waals surface area contributed by atoms with Gasteiger partial charge in [-0.1, -0.05) is 29.5 Å². The van der Waals surface area contributed by atoms with Crippen molar-refractivity contribution >= 4 is 51.7 Å². The highest BCUT2D eigenvalue weighted by Gasteiger charge is 2.38. The molecule has 0 saturated carbocycles. The standard InChI is InChI=1S/C22H22ClF2N3O3S/c1-4-28-20(30)18(12-19(29)27-17-10-5-13(2)11-14(17)3)32-21(28)26-15-6-8-16(9-7-15)31-22(23,24)25/h5-11,18H,4,12H2,1-3H3,(H,27,29)/t18-/m1/s1. The van der Waals surface area contributed by atoms with E-state index in [0.717, 1.165) is 11.1 Å². The Labute approximate surface area is 194 Å². The van der Waals surface area contributed by atoms with Crippen molar-refractivity contribution in [3.63, 3.8) is 0 Å². The van der Waals surface area contributed by atoms with Crippen molar-refractivity contribution in [2.24, 2.45) is 4.99 Å². The van der Waals surface area contributed by atoms with Crippen LogP contribution in [0.4, 0.5) is 20.2 Å². The lowest BCUT2D eigenvalue weighted by molar-refractivity contribution is -0.128. The van der Waals surface area contributed by atoms with Crippen LogP contribution >= 0.6 is 23.4 Å². The van der Waals surface area contributed by atoms with Gasteiger partial charge in [0.1, 0.15) is 11.0 Å². The summed E-state index contributed by atoms with van der Waals surface area (Å²) >= 11 is 5.96. The highest BCUT2D eigenvalue weighted by Crippen LogP contribution is 2.33. The summed E-state index contributed by atoms with van der Waals surface area (Å²) in [5.74, 6) is -0.574. The number of amidine groups is 1. The lowest BCUT2D eigenvalue weighted by Gasteiger charge is -2.14. The average molecular weight is 482 g/mol. The first kappa shape index (κ1) is 24.0. The molecule has 1 aliphatic heterocycles. The predicted octanol–water partition coefficient (Wildman–Crippen LogP) is 5.45. The second kappa shape index (κ2) is 9.87. The summed E-state index contributed by atoms with van der Waals surface area (Å²) in [6.07, 6.45) is 0.00389. The first-order valence-corrected chi connectivity index (χ1v) is 11.1. The molecule has 0 unspecified atom stereocenters. The van der Waals surface area contributed by atoms with Crippen LogP contribution in [0, 0.1) is 13.8 Å². The number of ether oxygens (including phenoxy) is 1. The first-order chi connectivity index (χ1) is 15.1. The first-order valence-electron chi connectivity index (χ1n) is 9.85. The minimum absolute atomic E-state index is 0.00389. The molecule has 1 aliphatic rings. The van der Waals surface area contributed by atoms with Gasteiger partial charge in [-0.15, -0.1) is 8.78 Å². The van der Waals surface area contributed by atoms with Crippen molar-refractivity contribution in [2.45, 2.75) is 38.0 Å². The van der Waals surface area contributed by atoms with Gasteiger partial charge in [0, 0.05) is 30.3 Å². The molecule has 2 amide bonds. The van der Waals surface area contributed by atoms with Crippen molar-refractivity contribution in [3.05, 3.63) is 53.6 Å². The largest absolute Gasteiger partial charge is 0.487 e. The second-order valence-electron chi connectivity index (χ2n) is 7.20. The summed E-state index contributed by atoms with van der Waals surface area (Å²) in [6, 6.07) is 11.3. The Kier molecular flexibility index (Phi) is 7.40. The van der Waals surface area contributed by atoms with Gasteiger partial charge in [0.15, 0.2) is 5.17 Å². The molecule has 1 N–H and O–H groups in total. The Morgan fingerprint density at radius 1 is 1.25 bits per heavy atom. The Hall–Kier alpha value is -2.65. The van der Waals surface area contributed by atoms with Crippen molar-refractivity contribution in [1.29, 1.82) is 0 Å². The highest BCUT2D eigenvalue weighted by atomic mass is 35.5. The maximum atomic E-state index is 12.8. The van der Waals surface area contributed by atoms with Crippen LogP contribution in [0.25, 0.3) is 0 Å². The fraction of sp³-hybridized carbons (Fsp3) is 0.318. The van der Waals surface area contributed by atoms with Gasteiger partial charge in [0.25, 0.3) is 0 Å². The van der Waals surface area contributed by atoms with E-state index in [2.05, 4.69) is 15.0 Å². The molecule has 170 valence electrons. The Morgan fingerprint density at radius 2 is 1.94 bits per heavy atom. The summed E-state index contributed by atoms with van der Waals surface area (Å²) in [7, 11) is 0. The molecule has 0 spiro atoms. The third kappa shape index (κ3) is 6.20. The second-order valence-corrected chi connectivity index (χ2v) is 8.81. The zero-order valence-corrected chi connectivity index (χ0v) is 19.3. The highest BCUT2D eigenvalue weighted by molar-refractivity contribution is 8.15. The number of hydrogen-bond donors (Lipinski definition) is 1. The monoisotopic (exact) mass is 481 g/mol. The van der Waals surface area contributed by atoms with E-state index in [1.165, 1.54) is 40.9 Å². The number of benzene rings is 2. The normalized spacial score (nSPS) is 17.7. The zero-order valence-electron chi connectivity index (χ0n) is 17.7. The summed E-state index contributed by atoms with van der Waals surface area (Å²) < 4.78 is 29.8. The number of carbonyl (C=O) groups is 2. The number of amides is 2. The lowest BCUT2D eigenvalue weighted by Crippen LogP contribution is -2.33. The molecule has 0 aromatic heterocycles. The number of hydrogen-bond acceptors (Lipinski definition) is 5. The van der Waals surface area contributed by atoms with Gasteiger partial charge in [-0.2, -0.15) is 0 Å². The number of rotatable bonds is 7. The van der Waals surface area contributed by atoms with Gasteiger partial charge >= 0.3 is 5.57 Å². The quantitative estimate of drug-likeness (QED) is 0.534. The molecule has 2 aromatic carbocycles. The van der Waals surface area contributed by atoms with Crippen LogP contribution in [0.2, 0.25) is 0 Å². The van der Waals surface area contributed by atoms with Gasteiger partial charge in [-0.25, -0.2) is 4.99 Å². The number of alkyl halides is 3. The Morgan fingerprint density at radius 3 is 2.53 bits per heavy atom. The molecule has 0 bridgehead atoms. The number of aliphatic imine (C=N–C) groups is 1. The number of halogens is 3. The van der Waals surface area contributed by atoms with Crippen LogP contribution in [-0.4, -0.2) is 39.2 Å². The van der Waals surface area contributed by atoms with Crippen molar-refractivity contribution in [1.82, 2.24) is 4.90 Å². The maximum absolute atomic E-state index is 12.8. The molecule has 32 heavy (non-hydrogen) atoms. The third-order valence-corrected chi connectivity index (χ3v) is 5.91. The molecule has 2 aromatic rings. The van der Waals surface area contributed by atoms with E-state index in [-0.39, 0.29) is 24.0 Å². The van der Waals surface area contributed by atoms with E-state index >= 15 is 0 Å². The van der Waals surface area contributed by atoms with E-state index in [1.54, 1.807) is 0 Å². The molecular weight excluding hydrogens is 460 g/mol. The molecule has 6 nitrogen and oxygen atoms in total. The summed E-state index contributed by atoms with van der Waals surface area (Å²) in [4.78, 5) is 31.3. The molecule has 1 atom stereocenters.